The van der Waals surface area contributed by atoms with Crippen molar-refractivity contribution in [2.24, 2.45) is 0 Å². The highest BCUT2D eigenvalue weighted by atomic mass is 127. The topological polar surface area (TPSA) is 26.6 Å². The van der Waals surface area contributed by atoms with Gasteiger partial charge in [-0.2, -0.15) is 0 Å². The van der Waals surface area contributed by atoms with Crippen LogP contribution < -0.4 is 9.47 Å². The minimum Gasteiger partial charge on any atom is -0.490 e. The number of nitrogens with zero attached hydrogens (tertiary/aromatic N) is 2. The molecule has 0 saturated carbocycles. The second-order valence-corrected chi connectivity index (χ2v) is 8.59. The number of halogens is 2. The van der Waals surface area contributed by atoms with Crippen LogP contribution in [0.2, 0.25) is 0 Å². The molecule has 0 aliphatic heterocycles. The summed E-state index contributed by atoms with van der Waals surface area (Å²) < 4.78 is 28.3. The molecule has 0 bridgehead atoms. The van der Waals surface area contributed by atoms with Gasteiger partial charge in [0.25, 0.3) is 0 Å². The summed E-state index contributed by atoms with van der Waals surface area (Å²) in [6.45, 7) is 1.33. The number of fused-ring (bicyclic) bond motifs is 3. The molecular formula is C22H20FIN2O2S. The first kappa shape index (κ1) is 20.3. The number of hydrogen-bond acceptors (Lipinski definition) is 4. The van der Waals surface area contributed by atoms with Gasteiger partial charge in [0.15, 0.2) is 0 Å². The van der Waals surface area contributed by atoms with E-state index in [9.17, 15) is 4.39 Å². The van der Waals surface area contributed by atoms with Crippen molar-refractivity contribution in [2.45, 2.75) is 0 Å². The molecule has 7 heteroatoms. The lowest BCUT2D eigenvalue weighted by Gasteiger charge is -2.14. The first-order chi connectivity index (χ1) is 14.1. The molecule has 0 amide bonds. The SMILES string of the molecule is CN(C)CCOc1cc(Oc2ccccc2)cc2c3cc(F)ccc3n(SI)c12. The molecular weight excluding hydrogens is 502 g/mol. The second-order valence-electron chi connectivity index (χ2n) is 6.91. The quantitative estimate of drug-likeness (QED) is 0.259. The Morgan fingerprint density at radius 2 is 1.79 bits per heavy atom. The molecule has 0 unspecified atom stereocenters. The van der Waals surface area contributed by atoms with Crippen molar-refractivity contribution in [3.05, 3.63) is 66.5 Å². The van der Waals surface area contributed by atoms with Gasteiger partial charge in [-0.05, 0) is 50.5 Å². The van der Waals surface area contributed by atoms with Crippen LogP contribution in [0.5, 0.6) is 17.2 Å². The predicted molar refractivity (Wildman–Crippen MR) is 127 cm³/mol. The van der Waals surface area contributed by atoms with Crippen LogP contribution in [0.4, 0.5) is 4.39 Å². The van der Waals surface area contributed by atoms with E-state index in [1.807, 2.05) is 56.6 Å². The van der Waals surface area contributed by atoms with Crippen molar-refractivity contribution < 1.29 is 13.9 Å². The Balaban J connectivity index is 1.89. The van der Waals surface area contributed by atoms with Gasteiger partial charge < -0.3 is 14.4 Å². The van der Waals surface area contributed by atoms with Crippen LogP contribution in [0.25, 0.3) is 21.8 Å². The van der Waals surface area contributed by atoms with Gasteiger partial charge in [0.05, 0.1) is 5.52 Å². The highest BCUT2D eigenvalue weighted by molar-refractivity contribution is 14.2. The number of ether oxygens (including phenoxy) is 2. The summed E-state index contributed by atoms with van der Waals surface area (Å²) in [5.74, 6) is 1.85. The predicted octanol–water partition coefficient (Wildman–Crippen LogP) is 6.51. The highest BCUT2D eigenvalue weighted by Crippen LogP contribution is 2.42. The average molecular weight is 522 g/mol. The van der Waals surface area contributed by atoms with Crippen molar-refractivity contribution in [3.8, 4) is 17.2 Å². The van der Waals surface area contributed by atoms with Gasteiger partial charge in [-0.1, -0.05) is 18.2 Å². The molecule has 0 aliphatic rings. The van der Waals surface area contributed by atoms with Gasteiger partial charge in [-0.15, -0.1) is 0 Å². The lowest BCUT2D eigenvalue weighted by atomic mass is 10.1. The molecule has 4 rings (SSSR count). The van der Waals surface area contributed by atoms with E-state index in [1.54, 1.807) is 12.1 Å². The van der Waals surface area contributed by atoms with E-state index >= 15 is 0 Å². The zero-order valence-electron chi connectivity index (χ0n) is 16.1. The molecule has 0 saturated heterocycles. The molecule has 1 heterocycles. The van der Waals surface area contributed by atoms with E-state index in [1.165, 1.54) is 15.2 Å². The fourth-order valence-electron chi connectivity index (χ4n) is 3.22. The number of benzene rings is 3. The van der Waals surface area contributed by atoms with Crippen LogP contribution in [0, 0.1) is 5.82 Å². The van der Waals surface area contributed by atoms with Gasteiger partial charge in [0.2, 0.25) is 0 Å². The number of rotatable bonds is 7. The molecule has 0 fully saturated rings. The largest absolute Gasteiger partial charge is 0.490 e. The van der Waals surface area contributed by atoms with Crippen molar-refractivity contribution >= 4 is 52.1 Å². The van der Waals surface area contributed by atoms with Gasteiger partial charge in [0, 0.05) is 53.7 Å². The molecule has 0 radical (unpaired) electrons. The maximum absolute atomic E-state index is 14.0. The van der Waals surface area contributed by atoms with Crippen molar-refractivity contribution in [3.63, 3.8) is 0 Å². The first-order valence-electron chi connectivity index (χ1n) is 9.14. The van der Waals surface area contributed by atoms with E-state index in [4.69, 9.17) is 9.47 Å². The monoisotopic (exact) mass is 522 g/mol. The molecule has 0 spiro atoms. The maximum atomic E-state index is 14.0. The van der Waals surface area contributed by atoms with E-state index in [0.29, 0.717) is 12.4 Å². The molecule has 4 aromatic rings. The van der Waals surface area contributed by atoms with Gasteiger partial charge in [-0.25, -0.2) is 4.39 Å². The Morgan fingerprint density at radius 1 is 1.00 bits per heavy atom. The van der Waals surface area contributed by atoms with Gasteiger partial charge >= 0.3 is 0 Å². The van der Waals surface area contributed by atoms with Crippen LogP contribution in [-0.4, -0.2) is 36.1 Å². The summed E-state index contributed by atoms with van der Waals surface area (Å²) in [7, 11) is 5.55. The van der Waals surface area contributed by atoms with Gasteiger partial charge in [-0.3, -0.25) is 3.97 Å². The lowest BCUT2D eigenvalue weighted by Crippen LogP contribution is -2.19. The van der Waals surface area contributed by atoms with Crippen LogP contribution in [0.1, 0.15) is 0 Å². The molecule has 3 aromatic carbocycles. The third-order valence-corrected chi connectivity index (χ3v) is 6.26. The minimum atomic E-state index is -0.264. The molecule has 29 heavy (non-hydrogen) atoms. The Kier molecular flexibility index (Phi) is 6.17. The highest BCUT2D eigenvalue weighted by Gasteiger charge is 2.18. The van der Waals surface area contributed by atoms with Crippen LogP contribution >= 0.6 is 30.3 Å². The number of hydrogen-bond donors (Lipinski definition) is 0. The van der Waals surface area contributed by atoms with Crippen molar-refractivity contribution in [2.75, 3.05) is 27.2 Å². The zero-order chi connectivity index (χ0) is 20.4. The molecule has 0 aliphatic carbocycles. The zero-order valence-corrected chi connectivity index (χ0v) is 19.0. The minimum absolute atomic E-state index is 0.264. The van der Waals surface area contributed by atoms with Crippen molar-refractivity contribution in [1.29, 1.82) is 0 Å². The Labute approximate surface area is 185 Å². The number of para-hydroxylation sites is 1. The third-order valence-electron chi connectivity index (χ3n) is 4.56. The Hall–Kier alpha value is -1.97. The molecule has 1 aromatic heterocycles. The fraction of sp³-hybridized carbons (Fsp3) is 0.182. The second kappa shape index (κ2) is 8.81. The summed E-state index contributed by atoms with van der Waals surface area (Å²) in [6.07, 6.45) is 0. The Bertz CT molecular complexity index is 1150. The summed E-state index contributed by atoms with van der Waals surface area (Å²) in [5.41, 5.74) is 1.86. The smallest absolute Gasteiger partial charge is 0.148 e. The summed E-state index contributed by atoms with van der Waals surface area (Å²) >= 11 is 2.24. The van der Waals surface area contributed by atoms with E-state index in [2.05, 4.69) is 30.1 Å². The average Bonchev–Trinajstić information content (AvgIpc) is 3.01. The van der Waals surface area contributed by atoms with Crippen LogP contribution in [0.3, 0.4) is 0 Å². The molecule has 0 N–H and O–H groups in total. The first-order valence-corrected chi connectivity index (χ1v) is 12.5. The fourth-order valence-corrected chi connectivity index (χ4v) is 4.94. The lowest BCUT2D eigenvalue weighted by molar-refractivity contribution is 0.262. The van der Waals surface area contributed by atoms with Crippen LogP contribution in [0.15, 0.2) is 60.7 Å². The van der Waals surface area contributed by atoms with E-state index in [0.717, 1.165) is 39.8 Å². The number of likely N-dealkylation sites (N-methyl/N-ethyl adjacent to an activating group) is 1. The van der Waals surface area contributed by atoms with E-state index < -0.39 is 0 Å². The molecule has 0 atom stereocenters. The molecule has 4 nitrogen and oxygen atoms in total. The summed E-state index contributed by atoms with van der Waals surface area (Å²) in [5, 5.41) is 1.73. The van der Waals surface area contributed by atoms with Crippen LogP contribution in [-0.2, 0) is 0 Å². The summed E-state index contributed by atoms with van der Waals surface area (Å²) in [6, 6.07) is 18.3. The van der Waals surface area contributed by atoms with E-state index in [-0.39, 0.29) is 5.82 Å². The summed E-state index contributed by atoms with van der Waals surface area (Å²) in [4.78, 5) is 2.07. The maximum Gasteiger partial charge on any atom is 0.148 e. The standard InChI is InChI=1S/C22H20FIN2O2S/c1-25(2)10-11-27-21-14-17(28-16-6-4-3-5-7-16)13-19-18-12-15(23)8-9-20(18)26(29-24)22(19)21/h3-9,12-14H,10-11H2,1-2H3. The Morgan fingerprint density at radius 3 is 2.52 bits per heavy atom. The normalized spacial score (nSPS) is 11.5. The number of aromatic nitrogens is 1. The van der Waals surface area contributed by atoms with Crippen molar-refractivity contribution in [1.82, 2.24) is 8.87 Å². The van der Waals surface area contributed by atoms with Gasteiger partial charge in [0.1, 0.15) is 35.2 Å². The molecule has 150 valence electrons. The third kappa shape index (κ3) is 4.31.